The SMILES string of the molecule is COc1cccc(C(=O)Nc2cccc(N(C)C)c2)c1O. The molecular formula is C16H18N2O3. The van der Waals surface area contributed by atoms with Gasteiger partial charge >= 0.3 is 0 Å². The van der Waals surface area contributed by atoms with Crippen molar-refractivity contribution in [1.82, 2.24) is 0 Å². The van der Waals surface area contributed by atoms with E-state index in [4.69, 9.17) is 4.74 Å². The first kappa shape index (κ1) is 14.7. The van der Waals surface area contributed by atoms with Gasteiger partial charge in [-0.2, -0.15) is 0 Å². The van der Waals surface area contributed by atoms with Gasteiger partial charge in [0.05, 0.1) is 12.7 Å². The molecule has 5 heteroatoms. The number of rotatable bonds is 4. The summed E-state index contributed by atoms with van der Waals surface area (Å²) in [5.74, 6) is -0.284. The van der Waals surface area contributed by atoms with Gasteiger partial charge in [-0.05, 0) is 30.3 Å². The highest BCUT2D eigenvalue weighted by molar-refractivity contribution is 6.06. The summed E-state index contributed by atoms with van der Waals surface area (Å²) in [6.45, 7) is 0. The van der Waals surface area contributed by atoms with E-state index >= 15 is 0 Å². The highest BCUT2D eigenvalue weighted by atomic mass is 16.5. The molecule has 2 rings (SSSR count). The molecule has 0 saturated carbocycles. The smallest absolute Gasteiger partial charge is 0.259 e. The van der Waals surface area contributed by atoms with Crippen LogP contribution in [0.5, 0.6) is 11.5 Å². The molecule has 0 aliphatic heterocycles. The first-order valence-electron chi connectivity index (χ1n) is 6.47. The molecule has 0 aliphatic rings. The van der Waals surface area contributed by atoms with Gasteiger partial charge in [-0.25, -0.2) is 0 Å². The zero-order chi connectivity index (χ0) is 15.4. The Morgan fingerprint density at radius 3 is 2.57 bits per heavy atom. The van der Waals surface area contributed by atoms with Crippen molar-refractivity contribution in [2.24, 2.45) is 0 Å². The second kappa shape index (κ2) is 6.17. The monoisotopic (exact) mass is 286 g/mol. The fourth-order valence-electron chi connectivity index (χ4n) is 1.93. The van der Waals surface area contributed by atoms with Crippen molar-refractivity contribution in [3.05, 3.63) is 48.0 Å². The lowest BCUT2D eigenvalue weighted by Crippen LogP contribution is -2.13. The van der Waals surface area contributed by atoms with Crippen molar-refractivity contribution in [3.8, 4) is 11.5 Å². The third-order valence-corrected chi connectivity index (χ3v) is 3.08. The van der Waals surface area contributed by atoms with Crippen LogP contribution in [-0.2, 0) is 0 Å². The van der Waals surface area contributed by atoms with Gasteiger partial charge in [0.15, 0.2) is 11.5 Å². The summed E-state index contributed by atoms with van der Waals surface area (Å²) in [6, 6.07) is 12.2. The Hall–Kier alpha value is -2.69. The Balaban J connectivity index is 2.24. The minimum absolute atomic E-state index is 0.165. The number of aromatic hydroxyl groups is 1. The van der Waals surface area contributed by atoms with E-state index in [1.54, 1.807) is 24.3 Å². The van der Waals surface area contributed by atoms with Crippen LogP contribution in [0.4, 0.5) is 11.4 Å². The van der Waals surface area contributed by atoms with Gasteiger partial charge < -0.3 is 20.1 Å². The van der Waals surface area contributed by atoms with E-state index in [-0.39, 0.29) is 23.0 Å². The Morgan fingerprint density at radius 2 is 1.90 bits per heavy atom. The second-order valence-corrected chi connectivity index (χ2v) is 4.76. The van der Waals surface area contributed by atoms with Crippen LogP contribution in [0.2, 0.25) is 0 Å². The van der Waals surface area contributed by atoms with Crippen molar-refractivity contribution in [2.75, 3.05) is 31.4 Å². The standard InChI is InChI=1S/C16H18N2O3/c1-18(2)12-7-4-6-11(10-12)17-16(20)13-8-5-9-14(21-3)15(13)19/h4-10,19H,1-3H3,(H,17,20). The number of methoxy groups -OCH3 is 1. The Labute approximate surface area is 123 Å². The molecule has 2 aromatic rings. The molecule has 21 heavy (non-hydrogen) atoms. The minimum atomic E-state index is -0.387. The lowest BCUT2D eigenvalue weighted by Gasteiger charge is -2.14. The highest BCUT2D eigenvalue weighted by Crippen LogP contribution is 2.30. The molecule has 0 heterocycles. The molecule has 0 fully saturated rings. The van der Waals surface area contributed by atoms with Gasteiger partial charge in [0, 0.05) is 25.5 Å². The van der Waals surface area contributed by atoms with Gasteiger partial charge in [0.25, 0.3) is 5.91 Å². The van der Waals surface area contributed by atoms with Crippen molar-refractivity contribution < 1.29 is 14.6 Å². The number of amides is 1. The number of hydrogen-bond donors (Lipinski definition) is 2. The van der Waals surface area contributed by atoms with Crippen LogP contribution in [0, 0.1) is 0 Å². The lowest BCUT2D eigenvalue weighted by atomic mass is 10.1. The third kappa shape index (κ3) is 3.25. The molecule has 0 spiro atoms. The van der Waals surface area contributed by atoms with E-state index in [1.807, 2.05) is 37.2 Å². The van der Waals surface area contributed by atoms with Crippen LogP contribution in [0.1, 0.15) is 10.4 Å². The largest absolute Gasteiger partial charge is 0.504 e. The van der Waals surface area contributed by atoms with Crippen LogP contribution >= 0.6 is 0 Å². The van der Waals surface area contributed by atoms with Crippen molar-refractivity contribution in [1.29, 1.82) is 0 Å². The lowest BCUT2D eigenvalue weighted by molar-refractivity contribution is 0.102. The van der Waals surface area contributed by atoms with Crippen LogP contribution in [-0.4, -0.2) is 32.2 Å². The van der Waals surface area contributed by atoms with Gasteiger partial charge in [-0.15, -0.1) is 0 Å². The number of carbonyl (C=O) groups is 1. The summed E-state index contributed by atoms with van der Waals surface area (Å²) < 4.78 is 5.00. The van der Waals surface area contributed by atoms with Crippen molar-refractivity contribution in [2.45, 2.75) is 0 Å². The normalized spacial score (nSPS) is 10.0. The number of anilines is 2. The molecule has 0 aromatic heterocycles. The predicted octanol–water partition coefficient (Wildman–Crippen LogP) is 2.72. The molecule has 0 unspecified atom stereocenters. The number of ether oxygens (including phenoxy) is 1. The van der Waals surface area contributed by atoms with Crippen molar-refractivity contribution >= 4 is 17.3 Å². The third-order valence-electron chi connectivity index (χ3n) is 3.08. The Kier molecular flexibility index (Phi) is 4.33. The number of carbonyl (C=O) groups excluding carboxylic acids is 1. The van der Waals surface area contributed by atoms with Crippen LogP contribution in [0.25, 0.3) is 0 Å². The number of para-hydroxylation sites is 1. The van der Waals surface area contributed by atoms with Crippen molar-refractivity contribution in [3.63, 3.8) is 0 Å². The maximum absolute atomic E-state index is 12.2. The zero-order valence-electron chi connectivity index (χ0n) is 12.3. The molecule has 0 radical (unpaired) electrons. The molecule has 0 atom stereocenters. The van der Waals surface area contributed by atoms with E-state index in [9.17, 15) is 9.90 Å². The van der Waals surface area contributed by atoms with Gasteiger partial charge in [-0.1, -0.05) is 12.1 Å². The summed E-state index contributed by atoms with van der Waals surface area (Å²) in [7, 11) is 5.29. The molecule has 1 amide bonds. The fourth-order valence-corrected chi connectivity index (χ4v) is 1.93. The van der Waals surface area contributed by atoms with Crippen LogP contribution in [0.15, 0.2) is 42.5 Å². The van der Waals surface area contributed by atoms with E-state index in [0.717, 1.165) is 5.69 Å². The number of nitrogens with zero attached hydrogens (tertiary/aromatic N) is 1. The topological polar surface area (TPSA) is 61.8 Å². The summed E-state index contributed by atoms with van der Waals surface area (Å²) in [4.78, 5) is 14.2. The number of hydrogen-bond acceptors (Lipinski definition) is 4. The number of phenolic OH excluding ortho intramolecular Hbond substituents is 1. The maximum Gasteiger partial charge on any atom is 0.259 e. The quantitative estimate of drug-likeness (QED) is 0.907. The summed E-state index contributed by atoms with van der Waals surface area (Å²) >= 11 is 0. The number of benzene rings is 2. The zero-order valence-corrected chi connectivity index (χ0v) is 12.3. The maximum atomic E-state index is 12.2. The number of nitrogens with one attached hydrogen (secondary N) is 1. The van der Waals surface area contributed by atoms with E-state index in [1.165, 1.54) is 7.11 Å². The second-order valence-electron chi connectivity index (χ2n) is 4.76. The molecule has 0 aliphatic carbocycles. The van der Waals surface area contributed by atoms with E-state index in [2.05, 4.69) is 5.32 Å². The molecule has 5 nitrogen and oxygen atoms in total. The minimum Gasteiger partial charge on any atom is -0.504 e. The average Bonchev–Trinajstić information content (AvgIpc) is 2.47. The van der Waals surface area contributed by atoms with Crippen LogP contribution < -0.4 is 15.0 Å². The molecule has 2 aromatic carbocycles. The van der Waals surface area contributed by atoms with Gasteiger partial charge in [-0.3, -0.25) is 4.79 Å². The van der Waals surface area contributed by atoms with Gasteiger partial charge in [0.1, 0.15) is 0 Å². The molecule has 2 N–H and O–H groups in total. The van der Waals surface area contributed by atoms with Gasteiger partial charge in [0.2, 0.25) is 0 Å². The molecule has 110 valence electrons. The highest BCUT2D eigenvalue weighted by Gasteiger charge is 2.15. The van der Waals surface area contributed by atoms with Crippen LogP contribution in [0.3, 0.4) is 0 Å². The fraction of sp³-hybridized carbons (Fsp3) is 0.188. The first-order valence-corrected chi connectivity index (χ1v) is 6.47. The molecular weight excluding hydrogens is 268 g/mol. The van der Waals surface area contributed by atoms with E-state index < -0.39 is 0 Å². The Morgan fingerprint density at radius 1 is 1.19 bits per heavy atom. The first-order chi connectivity index (χ1) is 10.0. The summed E-state index contributed by atoms with van der Waals surface area (Å²) in [6.07, 6.45) is 0. The number of phenols is 1. The Bertz CT molecular complexity index is 654. The predicted molar refractivity (Wildman–Crippen MR) is 83.4 cm³/mol. The summed E-state index contributed by atoms with van der Waals surface area (Å²) in [5.41, 5.74) is 1.81. The molecule has 0 saturated heterocycles. The van der Waals surface area contributed by atoms with E-state index in [0.29, 0.717) is 5.69 Å². The molecule has 0 bridgehead atoms. The average molecular weight is 286 g/mol. The summed E-state index contributed by atoms with van der Waals surface area (Å²) in [5, 5.41) is 12.8.